The zero-order valence-corrected chi connectivity index (χ0v) is 48.7. The number of carbonyl (C=O) groups is 1. The summed E-state index contributed by atoms with van der Waals surface area (Å²) in [5.41, 5.74) is 0. The van der Waals surface area contributed by atoms with Crippen molar-refractivity contribution in [3.8, 4) is 0 Å². The Morgan fingerprint density at radius 3 is 1.28 bits per heavy atom. The highest BCUT2D eigenvalue weighted by molar-refractivity contribution is 14.1. The Morgan fingerprint density at radius 2 is 0.882 bits per heavy atom. The number of carbonyl (C=O) groups excluding carboxylic acids is 1. The number of unbranched alkanes of at least 4 members (excludes halogenated alkanes) is 30. The lowest BCUT2D eigenvalue weighted by Crippen LogP contribution is -2.12. The van der Waals surface area contributed by atoms with E-state index >= 15 is 0 Å². The van der Waals surface area contributed by atoms with E-state index in [1.165, 1.54) is 212 Å². The highest BCUT2D eigenvalue weighted by Gasteiger charge is 2.12. The van der Waals surface area contributed by atoms with E-state index in [0.717, 1.165) is 63.8 Å². The SMILES string of the molecule is CCCCC/C=C\C/C=C\CCCCCCCCOCC(=O)CCCCCCCCC.[3H]OSC(C)I.[C-]#[N+]C(CCCCCCCCC)COCCCCCCCC/C=C\C/C=C\CCCCC. The molecule has 0 aromatic rings. The molecule has 0 aromatic carbocycles. The molecule has 0 saturated carbocycles. The molecule has 0 bridgehead atoms. The number of halogens is 1. The summed E-state index contributed by atoms with van der Waals surface area (Å²) < 4.78 is 21.9. The number of Topliss-reactive ketones (excluding diaryl/α,β-unsaturated/α-hetero) is 1. The smallest absolute Gasteiger partial charge is 0.246 e. The monoisotopic (exact) mass is 1090 g/mol. The fraction of sp³-hybridized carbons (Fsp3) is 0.836. The van der Waals surface area contributed by atoms with Crippen molar-refractivity contribution in [3.05, 3.63) is 60.0 Å². The van der Waals surface area contributed by atoms with E-state index in [1.807, 2.05) is 6.92 Å². The van der Waals surface area contributed by atoms with Gasteiger partial charge in [-0.3, -0.25) is 4.79 Å². The van der Waals surface area contributed by atoms with Gasteiger partial charge < -0.3 is 18.9 Å². The van der Waals surface area contributed by atoms with Crippen LogP contribution in [0.25, 0.3) is 6.28 Å². The van der Waals surface area contributed by atoms with E-state index in [4.69, 9.17) is 17.5 Å². The minimum Gasteiger partial charge on any atom is -0.374 e. The van der Waals surface area contributed by atoms with Crippen molar-refractivity contribution in [2.24, 2.45) is 0 Å². The third-order valence-corrected chi connectivity index (χ3v) is 13.0. The second-order valence-electron chi connectivity index (χ2n) is 19.0. The Morgan fingerprint density at radius 1 is 0.529 bits per heavy atom. The van der Waals surface area contributed by atoms with Gasteiger partial charge in [-0.15, -0.1) is 0 Å². The number of rotatable bonds is 52. The van der Waals surface area contributed by atoms with E-state index in [9.17, 15) is 4.79 Å². The fourth-order valence-electron chi connectivity index (χ4n) is 7.66. The zero-order chi connectivity index (χ0) is 51.0. The van der Waals surface area contributed by atoms with Gasteiger partial charge in [0, 0.05) is 38.1 Å². The Hall–Kier alpha value is -0.920. The fourth-order valence-corrected chi connectivity index (χ4v) is 7.66. The minimum absolute atomic E-state index is 0.0789. The third-order valence-electron chi connectivity index (χ3n) is 12.1. The zero-order valence-electron chi connectivity index (χ0n) is 46.8. The van der Waals surface area contributed by atoms with Crippen LogP contribution in [0.15, 0.2) is 48.6 Å². The van der Waals surface area contributed by atoms with E-state index in [0.29, 0.717) is 22.9 Å². The molecule has 68 heavy (non-hydrogen) atoms. The van der Waals surface area contributed by atoms with Crippen LogP contribution in [-0.4, -0.2) is 46.1 Å². The van der Waals surface area contributed by atoms with Crippen molar-refractivity contribution in [3.63, 3.8) is 0 Å². The van der Waals surface area contributed by atoms with Gasteiger partial charge in [-0.2, -0.15) is 0 Å². The lowest BCUT2D eigenvalue weighted by atomic mass is 10.1. The van der Waals surface area contributed by atoms with E-state index in [1.54, 1.807) is 0 Å². The molecule has 0 saturated heterocycles. The van der Waals surface area contributed by atoms with Gasteiger partial charge in [0.25, 0.3) is 0 Å². The molecule has 0 spiro atoms. The van der Waals surface area contributed by atoms with Gasteiger partial charge >= 0.3 is 0 Å². The Bertz CT molecular complexity index is 1130. The maximum atomic E-state index is 11.8. The highest BCUT2D eigenvalue weighted by atomic mass is 127. The number of allylic oxidation sites excluding steroid dienone is 8. The highest BCUT2D eigenvalue weighted by Crippen LogP contribution is 2.14. The largest absolute Gasteiger partial charge is 0.374 e. The van der Waals surface area contributed by atoms with Gasteiger partial charge in [0.05, 0.1) is 3.26 Å². The lowest BCUT2D eigenvalue weighted by Gasteiger charge is -2.07. The van der Waals surface area contributed by atoms with Gasteiger partial charge in [0.2, 0.25) is 7.47 Å². The van der Waals surface area contributed by atoms with Gasteiger partial charge in [-0.25, -0.2) is 6.57 Å². The van der Waals surface area contributed by atoms with Crippen molar-refractivity contribution in [1.29, 1.82) is 1.43 Å². The molecule has 0 fully saturated rings. The molecule has 0 radical (unpaired) electrons. The summed E-state index contributed by atoms with van der Waals surface area (Å²) in [6.45, 7) is 20.9. The molecule has 2 unspecified atom stereocenters. The van der Waals surface area contributed by atoms with Gasteiger partial charge in [0.15, 0.2) is 5.78 Å². The second-order valence-corrected chi connectivity index (χ2v) is 22.7. The number of hydrogen-bond acceptors (Lipinski definition) is 5. The van der Waals surface area contributed by atoms with Crippen molar-refractivity contribution in [2.45, 2.75) is 301 Å². The minimum atomic E-state index is 0.0789. The first-order valence-corrected chi connectivity index (χ1v) is 31.0. The van der Waals surface area contributed by atoms with Gasteiger partial charge in [-0.05, 0) is 96.8 Å². The van der Waals surface area contributed by atoms with Crippen molar-refractivity contribution >= 4 is 40.4 Å². The van der Waals surface area contributed by atoms with Crippen LogP contribution in [0, 0.1) is 6.57 Å². The van der Waals surface area contributed by atoms with Crippen molar-refractivity contribution in [2.75, 3.05) is 26.4 Å². The number of nitrogens with zero attached hydrogens (tertiary/aromatic N) is 1. The maximum Gasteiger partial charge on any atom is 0.246 e. The molecule has 0 aliphatic rings. The average Bonchev–Trinajstić information content (AvgIpc) is 3.34. The number of alkyl halides is 1. The molecule has 2 atom stereocenters. The molecular weight excluding hydrogens is 970 g/mol. The first kappa shape index (κ1) is 69.2. The number of ketones is 1. The summed E-state index contributed by atoms with van der Waals surface area (Å²) in [5, 5.41) is 0. The predicted molar refractivity (Wildman–Crippen MR) is 315 cm³/mol. The molecule has 400 valence electrons. The van der Waals surface area contributed by atoms with E-state index in [2.05, 4.69) is 108 Å². The molecule has 0 amide bonds. The normalized spacial score (nSPS) is 12.6. The van der Waals surface area contributed by atoms with E-state index in [-0.39, 0.29) is 11.8 Å². The van der Waals surface area contributed by atoms with Crippen LogP contribution in [0.1, 0.15) is 291 Å². The van der Waals surface area contributed by atoms with Crippen LogP contribution in [-0.2, 0) is 14.3 Å². The van der Waals surface area contributed by atoms with Crippen molar-refractivity contribution < 1.29 is 18.8 Å². The summed E-state index contributed by atoms with van der Waals surface area (Å²) in [6, 6.07) is 0.0789. The van der Waals surface area contributed by atoms with Crippen LogP contribution < -0.4 is 0 Å². The van der Waals surface area contributed by atoms with Crippen LogP contribution in [0.5, 0.6) is 0 Å². The van der Waals surface area contributed by atoms with Crippen LogP contribution in [0.3, 0.4) is 0 Å². The molecule has 0 rings (SSSR count). The van der Waals surface area contributed by atoms with Crippen LogP contribution in [0.2, 0.25) is 0 Å². The Labute approximate surface area is 445 Å². The lowest BCUT2D eigenvalue weighted by molar-refractivity contribution is -0.123. The Balaban J connectivity index is -0.00000113. The van der Waals surface area contributed by atoms with Crippen LogP contribution in [0.4, 0.5) is 0 Å². The molecule has 0 aromatic heterocycles. The molecule has 0 heterocycles. The molecule has 5 nitrogen and oxygen atoms in total. The average molecular weight is 1090 g/mol. The Kier molecular flexibility index (Phi) is 69.3. The van der Waals surface area contributed by atoms with Crippen molar-refractivity contribution in [1.82, 2.24) is 0 Å². The summed E-state index contributed by atoms with van der Waals surface area (Å²) in [6.07, 6.45) is 68.8. The summed E-state index contributed by atoms with van der Waals surface area (Å²) in [4.78, 5) is 15.6. The standard InChI is InChI=1S/C30H55NO.C29H54O2.C2H5IOS/c1-4-6-8-10-12-13-14-15-16-17-18-19-20-22-24-26-28-32-29-30(31-3)27-25-23-21-11-9-7-5-2;1-3-5-7-9-11-12-13-14-15-16-17-18-19-21-23-25-27-31-28-29(30)26-24-22-20-10-8-6-4-2;1-2(3)5-4/h12-13,15-16,30H,4-11,14,17-29H2,1-2H3;11-12,14-15H,3-10,13,16-28H2,1-2H3;2,4H,1H3/b13-12-,16-15-;12-11-,15-14-;/i/hT. The molecule has 0 aliphatic carbocycles. The summed E-state index contributed by atoms with van der Waals surface area (Å²) >= 11 is 3.30. The molecule has 7 heteroatoms. The first-order valence-electron chi connectivity index (χ1n) is 29.4. The topological polar surface area (TPSA) is 60.1 Å². The van der Waals surface area contributed by atoms with Gasteiger partial charge in [0.1, 0.15) is 13.2 Å². The molecule has 1 N–H and O–H groups in total. The molecular formula is C61H114INO4S. The maximum absolute atomic E-state index is 11.8. The third kappa shape index (κ3) is 71.6. The molecule has 0 aliphatic heterocycles. The first-order chi connectivity index (χ1) is 33.9. The van der Waals surface area contributed by atoms with Gasteiger partial charge in [-0.1, -0.05) is 253 Å². The number of hydrogen-bond donors (Lipinski definition) is 1. The van der Waals surface area contributed by atoms with Crippen LogP contribution >= 0.6 is 34.6 Å². The summed E-state index contributed by atoms with van der Waals surface area (Å²) in [5.74, 6) is 0.286. The van der Waals surface area contributed by atoms with E-state index < -0.39 is 0 Å². The second kappa shape index (κ2) is 68.2. The quantitative estimate of drug-likeness (QED) is 0.0164. The number of ether oxygens (including phenoxy) is 2. The predicted octanol–water partition coefficient (Wildman–Crippen LogP) is 21.7. The summed E-state index contributed by atoms with van der Waals surface area (Å²) in [7, 11) is 0.